The Labute approximate surface area is 80.2 Å². The van der Waals surface area contributed by atoms with Crippen LogP contribution in [0.25, 0.3) is 0 Å². The number of ether oxygens (including phenoxy) is 1. The van der Waals surface area contributed by atoms with Crippen molar-refractivity contribution in [3.05, 3.63) is 0 Å². The molecule has 7 nitrogen and oxygen atoms in total. The number of carbonyl (C=O) groups is 3. The molecule has 0 aromatic rings. The molecule has 0 heterocycles. The number of aliphatic carboxylic acids is 1. The quantitative estimate of drug-likeness (QED) is 0.449. The summed E-state index contributed by atoms with van der Waals surface area (Å²) in [5.74, 6) is -2.50. The van der Waals surface area contributed by atoms with E-state index in [0.29, 0.717) is 0 Å². The number of methoxy groups -OCH3 is 1. The Morgan fingerprint density at radius 1 is 1.50 bits per heavy atom. The van der Waals surface area contributed by atoms with Gasteiger partial charge in [0, 0.05) is 0 Å². The maximum atomic E-state index is 11.0. The van der Waals surface area contributed by atoms with Gasteiger partial charge in [-0.2, -0.15) is 0 Å². The first-order valence-corrected chi connectivity index (χ1v) is 3.79. The smallest absolute Gasteiger partial charge is 0.325 e. The van der Waals surface area contributed by atoms with Gasteiger partial charge in [0.1, 0.15) is 6.54 Å². The monoisotopic (exact) mass is 204 g/mol. The van der Waals surface area contributed by atoms with Crippen molar-refractivity contribution in [2.75, 3.05) is 13.7 Å². The molecule has 0 aromatic carbocycles. The highest BCUT2D eigenvalue weighted by Gasteiger charge is 2.17. The molecule has 80 valence electrons. The molecule has 1 atom stereocenters. The molecule has 0 bridgehead atoms. The number of nitrogens with two attached hydrogens (primary N) is 1. The maximum Gasteiger partial charge on any atom is 0.325 e. The minimum absolute atomic E-state index is 0.317. The SMILES string of the molecule is COC(=O)CNC(=O)C(N)CC(=O)O. The molecule has 1 amide bonds. The highest BCUT2D eigenvalue weighted by atomic mass is 16.5. The van der Waals surface area contributed by atoms with Gasteiger partial charge in [-0.3, -0.25) is 14.4 Å². The van der Waals surface area contributed by atoms with Crippen LogP contribution in [0.15, 0.2) is 0 Å². The molecule has 14 heavy (non-hydrogen) atoms. The van der Waals surface area contributed by atoms with Crippen LogP contribution in [0.5, 0.6) is 0 Å². The van der Waals surface area contributed by atoms with Crippen LogP contribution in [0.4, 0.5) is 0 Å². The molecule has 0 aliphatic heterocycles. The first-order chi connectivity index (χ1) is 6.47. The van der Waals surface area contributed by atoms with Gasteiger partial charge in [-0.1, -0.05) is 0 Å². The summed E-state index contributed by atoms with van der Waals surface area (Å²) in [6.45, 7) is -0.317. The summed E-state index contributed by atoms with van der Waals surface area (Å²) in [4.78, 5) is 31.7. The lowest BCUT2D eigenvalue weighted by Gasteiger charge is -2.08. The molecule has 0 saturated carbocycles. The minimum atomic E-state index is -1.18. The van der Waals surface area contributed by atoms with Crippen LogP contribution < -0.4 is 11.1 Å². The zero-order valence-corrected chi connectivity index (χ0v) is 7.65. The second-order valence-corrected chi connectivity index (χ2v) is 2.50. The third-order valence-corrected chi connectivity index (χ3v) is 1.37. The highest BCUT2D eigenvalue weighted by Crippen LogP contribution is 1.87. The Hall–Kier alpha value is -1.63. The molecule has 0 fully saturated rings. The van der Waals surface area contributed by atoms with E-state index in [9.17, 15) is 14.4 Å². The number of rotatable bonds is 5. The Balaban J connectivity index is 3.84. The molecule has 4 N–H and O–H groups in total. The van der Waals surface area contributed by atoms with Gasteiger partial charge in [0.05, 0.1) is 19.6 Å². The van der Waals surface area contributed by atoms with Crippen molar-refractivity contribution in [3.8, 4) is 0 Å². The van der Waals surface area contributed by atoms with Crippen LogP contribution >= 0.6 is 0 Å². The van der Waals surface area contributed by atoms with Gasteiger partial charge in [0.2, 0.25) is 5.91 Å². The van der Waals surface area contributed by atoms with Gasteiger partial charge >= 0.3 is 11.9 Å². The summed E-state index contributed by atoms with van der Waals surface area (Å²) in [5.41, 5.74) is 5.20. The lowest BCUT2D eigenvalue weighted by atomic mass is 10.2. The molecule has 0 radical (unpaired) electrons. The van der Waals surface area contributed by atoms with Crippen LogP contribution in [0.2, 0.25) is 0 Å². The van der Waals surface area contributed by atoms with E-state index < -0.39 is 30.3 Å². The predicted molar refractivity (Wildman–Crippen MR) is 45.3 cm³/mol. The van der Waals surface area contributed by atoms with Crippen molar-refractivity contribution in [2.24, 2.45) is 5.73 Å². The molecule has 0 rings (SSSR count). The van der Waals surface area contributed by atoms with Crippen molar-refractivity contribution in [1.29, 1.82) is 0 Å². The number of esters is 1. The van der Waals surface area contributed by atoms with E-state index >= 15 is 0 Å². The molecule has 0 spiro atoms. The Bertz CT molecular complexity index is 240. The number of amides is 1. The van der Waals surface area contributed by atoms with E-state index in [0.717, 1.165) is 0 Å². The number of nitrogens with one attached hydrogen (secondary N) is 1. The standard InChI is InChI=1S/C7H12N2O5/c1-14-6(12)3-9-7(13)4(8)2-5(10)11/h4H,2-3,8H2,1H3,(H,9,13)(H,10,11). The Morgan fingerprint density at radius 2 is 2.07 bits per heavy atom. The lowest BCUT2D eigenvalue weighted by Crippen LogP contribution is -2.43. The van der Waals surface area contributed by atoms with E-state index in [-0.39, 0.29) is 6.54 Å². The van der Waals surface area contributed by atoms with Crippen molar-refractivity contribution in [2.45, 2.75) is 12.5 Å². The lowest BCUT2D eigenvalue weighted by molar-refractivity contribution is -0.141. The van der Waals surface area contributed by atoms with E-state index in [1.807, 2.05) is 0 Å². The second kappa shape index (κ2) is 5.92. The van der Waals surface area contributed by atoms with Gasteiger partial charge in [-0.05, 0) is 0 Å². The van der Waals surface area contributed by atoms with Crippen molar-refractivity contribution in [1.82, 2.24) is 5.32 Å². The molecular formula is C7H12N2O5. The summed E-state index contributed by atoms with van der Waals surface area (Å²) in [5, 5.41) is 10.4. The number of hydrogen-bond donors (Lipinski definition) is 3. The molecule has 7 heteroatoms. The average molecular weight is 204 g/mol. The van der Waals surface area contributed by atoms with Crippen LogP contribution in [-0.2, 0) is 19.1 Å². The number of carboxylic acid groups (broad SMARTS) is 1. The first kappa shape index (κ1) is 12.4. The van der Waals surface area contributed by atoms with Gasteiger partial charge < -0.3 is 20.9 Å². The van der Waals surface area contributed by atoms with Crippen molar-refractivity contribution < 1.29 is 24.2 Å². The largest absolute Gasteiger partial charge is 0.481 e. The van der Waals surface area contributed by atoms with E-state index in [1.165, 1.54) is 7.11 Å². The molecular weight excluding hydrogens is 192 g/mol. The van der Waals surface area contributed by atoms with E-state index in [4.69, 9.17) is 10.8 Å². The number of carbonyl (C=O) groups excluding carboxylic acids is 2. The summed E-state index contributed by atoms with van der Waals surface area (Å²) < 4.78 is 4.25. The third-order valence-electron chi connectivity index (χ3n) is 1.37. The first-order valence-electron chi connectivity index (χ1n) is 3.79. The Kier molecular flexibility index (Phi) is 5.23. The molecule has 0 aromatic heterocycles. The second-order valence-electron chi connectivity index (χ2n) is 2.50. The fraction of sp³-hybridized carbons (Fsp3) is 0.571. The molecule has 0 saturated heterocycles. The van der Waals surface area contributed by atoms with Gasteiger partial charge in [0.25, 0.3) is 0 Å². The normalized spacial score (nSPS) is 11.6. The van der Waals surface area contributed by atoms with Crippen LogP contribution in [0.3, 0.4) is 0 Å². The zero-order chi connectivity index (χ0) is 11.1. The third kappa shape index (κ3) is 5.09. The Morgan fingerprint density at radius 3 is 2.50 bits per heavy atom. The van der Waals surface area contributed by atoms with Crippen molar-refractivity contribution in [3.63, 3.8) is 0 Å². The minimum Gasteiger partial charge on any atom is -0.481 e. The number of hydrogen-bond acceptors (Lipinski definition) is 5. The van der Waals surface area contributed by atoms with Crippen LogP contribution in [-0.4, -0.2) is 42.6 Å². The van der Waals surface area contributed by atoms with E-state index in [2.05, 4.69) is 10.1 Å². The molecule has 0 aliphatic rings. The fourth-order valence-electron chi connectivity index (χ4n) is 0.643. The van der Waals surface area contributed by atoms with Gasteiger partial charge in [-0.15, -0.1) is 0 Å². The zero-order valence-electron chi connectivity index (χ0n) is 7.65. The van der Waals surface area contributed by atoms with Crippen molar-refractivity contribution >= 4 is 17.8 Å². The topological polar surface area (TPSA) is 119 Å². The van der Waals surface area contributed by atoms with Gasteiger partial charge in [-0.25, -0.2) is 0 Å². The summed E-state index contributed by atoms with van der Waals surface area (Å²) in [6.07, 6.45) is -0.479. The van der Waals surface area contributed by atoms with Crippen LogP contribution in [0, 0.1) is 0 Å². The van der Waals surface area contributed by atoms with Crippen LogP contribution in [0.1, 0.15) is 6.42 Å². The summed E-state index contributed by atoms with van der Waals surface area (Å²) >= 11 is 0. The highest BCUT2D eigenvalue weighted by molar-refractivity contribution is 5.88. The van der Waals surface area contributed by atoms with Gasteiger partial charge in [0.15, 0.2) is 0 Å². The average Bonchev–Trinajstić information content (AvgIpc) is 2.12. The summed E-state index contributed by atoms with van der Waals surface area (Å²) in [7, 11) is 1.17. The molecule has 0 aliphatic carbocycles. The maximum absolute atomic E-state index is 11.0. The summed E-state index contributed by atoms with van der Waals surface area (Å²) in [6, 6.07) is -1.16. The number of carboxylic acids is 1. The van der Waals surface area contributed by atoms with E-state index in [1.54, 1.807) is 0 Å². The molecule has 1 unspecified atom stereocenters. The fourth-order valence-corrected chi connectivity index (χ4v) is 0.643. The predicted octanol–water partition coefficient (Wildman–Crippen LogP) is -1.92.